The molecule has 1 aromatic rings. The summed E-state index contributed by atoms with van der Waals surface area (Å²) in [6, 6.07) is 1.83. The van der Waals surface area contributed by atoms with E-state index < -0.39 is 23.5 Å². The van der Waals surface area contributed by atoms with Crippen LogP contribution in [-0.2, 0) is 6.18 Å². The van der Waals surface area contributed by atoms with Crippen molar-refractivity contribution >= 4 is 5.91 Å². The summed E-state index contributed by atoms with van der Waals surface area (Å²) in [7, 11) is 0. The lowest BCUT2D eigenvalue weighted by Gasteiger charge is -2.23. The molecule has 1 amide bonds. The Hall–Kier alpha value is -1.63. The zero-order chi connectivity index (χ0) is 15.1. The number of benzene rings is 1. The molecule has 0 aromatic heterocycles. The van der Waals surface area contributed by atoms with Gasteiger partial charge in [-0.1, -0.05) is 0 Å². The molecule has 2 N–H and O–H groups in total. The lowest BCUT2D eigenvalue weighted by molar-refractivity contribution is -0.140. The molecule has 1 saturated heterocycles. The Kier molecular flexibility index (Phi) is 3.73. The zero-order valence-corrected chi connectivity index (χ0v) is 10.7. The van der Waals surface area contributed by atoms with Crippen LogP contribution in [0.1, 0.15) is 29.3 Å². The van der Waals surface area contributed by atoms with Gasteiger partial charge < -0.3 is 10.6 Å². The largest absolute Gasteiger partial charge is 0.419 e. The van der Waals surface area contributed by atoms with Crippen molar-refractivity contribution in [3.63, 3.8) is 0 Å². The van der Waals surface area contributed by atoms with Crippen molar-refractivity contribution in [2.45, 2.75) is 31.6 Å². The summed E-state index contributed by atoms with van der Waals surface area (Å²) in [6.07, 6.45) is -4.23. The number of hydrogen-bond donors (Lipinski definition) is 1. The van der Waals surface area contributed by atoms with Gasteiger partial charge in [0, 0.05) is 24.2 Å². The average molecular weight is 290 g/mol. The Labute approximate surface area is 113 Å². The molecule has 1 heterocycles. The first-order chi connectivity index (χ1) is 9.21. The van der Waals surface area contributed by atoms with Gasteiger partial charge in [0.15, 0.2) is 0 Å². The van der Waals surface area contributed by atoms with Crippen LogP contribution in [0.15, 0.2) is 18.2 Å². The van der Waals surface area contributed by atoms with E-state index in [1.807, 2.05) is 0 Å². The topological polar surface area (TPSA) is 46.3 Å². The van der Waals surface area contributed by atoms with E-state index in [1.54, 1.807) is 6.92 Å². The smallest absolute Gasteiger partial charge is 0.334 e. The van der Waals surface area contributed by atoms with Crippen molar-refractivity contribution in [3.8, 4) is 0 Å². The van der Waals surface area contributed by atoms with Gasteiger partial charge in [-0.25, -0.2) is 4.39 Å². The molecule has 1 aromatic carbocycles. The number of rotatable bonds is 1. The third-order valence-corrected chi connectivity index (χ3v) is 3.59. The summed E-state index contributed by atoms with van der Waals surface area (Å²) in [5, 5.41) is 0. The first-order valence-corrected chi connectivity index (χ1v) is 6.15. The molecule has 0 bridgehead atoms. The highest BCUT2D eigenvalue weighted by Gasteiger charge is 2.36. The molecule has 1 aliphatic heterocycles. The molecule has 1 fully saturated rings. The quantitative estimate of drug-likeness (QED) is 0.807. The zero-order valence-electron chi connectivity index (χ0n) is 10.7. The van der Waals surface area contributed by atoms with Crippen molar-refractivity contribution in [1.29, 1.82) is 0 Å². The molecule has 2 rings (SSSR count). The van der Waals surface area contributed by atoms with Crippen molar-refractivity contribution in [2.75, 3.05) is 6.54 Å². The van der Waals surface area contributed by atoms with Gasteiger partial charge in [-0.15, -0.1) is 0 Å². The van der Waals surface area contributed by atoms with E-state index in [0.29, 0.717) is 25.1 Å². The van der Waals surface area contributed by atoms with Crippen LogP contribution in [0.2, 0.25) is 0 Å². The van der Waals surface area contributed by atoms with Gasteiger partial charge in [0.1, 0.15) is 5.82 Å². The third kappa shape index (κ3) is 2.63. The number of nitrogens with two attached hydrogens (primary N) is 1. The molecule has 7 heteroatoms. The minimum Gasteiger partial charge on any atom is -0.334 e. The average Bonchev–Trinajstić information content (AvgIpc) is 2.68. The number of likely N-dealkylation sites (tertiary alicyclic amines) is 1. The van der Waals surface area contributed by atoms with Crippen molar-refractivity contribution < 1.29 is 22.4 Å². The monoisotopic (exact) mass is 290 g/mol. The molecular formula is C13H14F4N2O. The summed E-state index contributed by atoms with van der Waals surface area (Å²) < 4.78 is 51.0. The fourth-order valence-corrected chi connectivity index (χ4v) is 2.29. The van der Waals surface area contributed by atoms with E-state index >= 15 is 0 Å². The summed E-state index contributed by atoms with van der Waals surface area (Å²) in [4.78, 5) is 13.6. The highest BCUT2D eigenvalue weighted by atomic mass is 19.4. The Morgan fingerprint density at radius 3 is 2.55 bits per heavy atom. The second-order valence-electron chi connectivity index (χ2n) is 4.88. The minimum absolute atomic E-state index is 0.181. The second kappa shape index (κ2) is 5.05. The molecule has 0 spiro atoms. The van der Waals surface area contributed by atoms with Gasteiger partial charge >= 0.3 is 6.18 Å². The van der Waals surface area contributed by atoms with Gasteiger partial charge in [0.05, 0.1) is 5.56 Å². The summed E-state index contributed by atoms with van der Waals surface area (Å²) >= 11 is 0. The highest BCUT2D eigenvalue weighted by molar-refractivity contribution is 5.94. The minimum atomic E-state index is -4.83. The van der Waals surface area contributed by atoms with Gasteiger partial charge in [0.25, 0.3) is 5.91 Å². The summed E-state index contributed by atoms with van der Waals surface area (Å²) in [5.41, 5.74) is 4.16. The lowest BCUT2D eigenvalue weighted by Crippen LogP contribution is -2.40. The molecule has 3 nitrogen and oxygen atoms in total. The Morgan fingerprint density at radius 1 is 1.40 bits per heavy atom. The number of carbonyl (C=O) groups is 1. The first kappa shape index (κ1) is 14.8. The second-order valence-corrected chi connectivity index (χ2v) is 4.88. The highest BCUT2D eigenvalue weighted by Crippen LogP contribution is 2.32. The van der Waals surface area contributed by atoms with Crippen molar-refractivity contribution in [2.24, 2.45) is 5.73 Å². The van der Waals surface area contributed by atoms with E-state index in [0.717, 1.165) is 6.07 Å². The predicted octanol–water partition coefficient (Wildman–Crippen LogP) is 2.41. The number of halogens is 4. The van der Waals surface area contributed by atoms with E-state index in [1.165, 1.54) is 4.90 Å². The van der Waals surface area contributed by atoms with Gasteiger partial charge in [-0.05, 0) is 31.5 Å². The maximum atomic E-state index is 13.2. The van der Waals surface area contributed by atoms with Gasteiger partial charge in [-0.2, -0.15) is 13.2 Å². The molecule has 2 unspecified atom stereocenters. The summed E-state index contributed by atoms with van der Waals surface area (Å²) in [5.74, 6) is -1.95. The maximum Gasteiger partial charge on any atom is 0.419 e. The van der Waals surface area contributed by atoms with Crippen LogP contribution >= 0.6 is 0 Å². The Bertz CT molecular complexity index is 530. The third-order valence-electron chi connectivity index (χ3n) is 3.59. The van der Waals surface area contributed by atoms with Crippen molar-refractivity contribution in [1.82, 2.24) is 4.90 Å². The Balaban J connectivity index is 2.32. The number of hydrogen-bond acceptors (Lipinski definition) is 2. The molecule has 0 saturated carbocycles. The van der Waals surface area contributed by atoms with Crippen LogP contribution in [0.25, 0.3) is 0 Å². The number of nitrogens with zero attached hydrogens (tertiary/aromatic N) is 1. The van der Waals surface area contributed by atoms with Gasteiger partial charge in [-0.3, -0.25) is 4.79 Å². The van der Waals surface area contributed by atoms with Crippen LogP contribution < -0.4 is 5.73 Å². The fraction of sp³-hybridized carbons (Fsp3) is 0.462. The molecule has 0 aliphatic carbocycles. The standard InChI is InChI=1S/C13H14F4N2O/c1-7-11(18)4-5-19(7)12(20)8-2-3-10(14)9(6-8)13(15,16)17/h2-3,6-7,11H,4-5,18H2,1H3. The van der Waals surface area contributed by atoms with Gasteiger partial charge in [0.2, 0.25) is 0 Å². The number of carbonyl (C=O) groups excluding carboxylic acids is 1. The van der Waals surface area contributed by atoms with Crippen LogP contribution in [-0.4, -0.2) is 29.4 Å². The molecule has 1 aliphatic rings. The maximum absolute atomic E-state index is 13.2. The molecule has 2 atom stereocenters. The van der Waals surface area contributed by atoms with Crippen LogP contribution in [0.5, 0.6) is 0 Å². The van der Waals surface area contributed by atoms with Crippen LogP contribution in [0, 0.1) is 5.82 Å². The molecule has 20 heavy (non-hydrogen) atoms. The normalized spacial score (nSPS) is 23.2. The van der Waals surface area contributed by atoms with Crippen LogP contribution in [0.4, 0.5) is 17.6 Å². The van der Waals surface area contributed by atoms with Crippen LogP contribution in [0.3, 0.4) is 0 Å². The number of amides is 1. The van der Waals surface area contributed by atoms with E-state index in [-0.39, 0.29) is 17.6 Å². The Morgan fingerprint density at radius 2 is 2.05 bits per heavy atom. The molecule has 0 radical (unpaired) electrons. The first-order valence-electron chi connectivity index (χ1n) is 6.15. The lowest BCUT2D eigenvalue weighted by atomic mass is 10.1. The predicted molar refractivity (Wildman–Crippen MR) is 64.5 cm³/mol. The SMILES string of the molecule is CC1C(N)CCN1C(=O)c1ccc(F)c(C(F)(F)F)c1. The molecular weight excluding hydrogens is 276 g/mol. The van der Waals surface area contributed by atoms with E-state index in [2.05, 4.69) is 0 Å². The van der Waals surface area contributed by atoms with E-state index in [9.17, 15) is 22.4 Å². The number of alkyl halides is 3. The fourth-order valence-electron chi connectivity index (χ4n) is 2.29. The van der Waals surface area contributed by atoms with Crippen molar-refractivity contribution in [3.05, 3.63) is 35.1 Å². The summed E-state index contributed by atoms with van der Waals surface area (Å²) in [6.45, 7) is 2.13. The molecule has 110 valence electrons. The van der Waals surface area contributed by atoms with E-state index in [4.69, 9.17) is 5.73 Å².